The predicted molar refractivity (Wildman–Crippen MR) is 80.6 cm³/mol. The van der Waals surface area contributed by atoms with Gasteiger partial charge >= 0.3 is 0 Å². The molecule has 0 spiro atoms. The Balaban J connectivity index is 1.81. The normalized spacial score (nSPS) is 26.6. The number of ether oxygens (including phenoxy) is 1. The molecule has 118 valence electrons. The molecule has 0 unspecified atom stereocenters. The summed E-state index contributed by atoms with van der Waals surface area (Å²) in [5, 5.41) is 9.14. The summed E-state index contributed by atoms with van der Waals surface area (Å²) in [6.45, 7) is 10.2. The third kappa shape index (κ3) is 4.18. The van der Waals surface area contributed by atoms with Crippen LogP contribution in [0, 0.1) is 16.7 Å². The zero-order valence-corrected chi connectivity index (χ0v) is 13.5. The lowest BCUT2D eigenvalue weighted by molar-refractivity contribution is -0.138. The number of nitriles is 1. The van der Waals surface area contributed by atoms with Crippen molar-refractivity contribution in [2.75, 3.05) is 32.8 Å². The molecule has 0 aromatic heterocycles. The zero-order valence-electron chi connectivity index (χ0n) is 13.5. The number of carbonyl (C=O) groups excluding carboxylic acids is 1. The van der Waals surface area contributed by atoms with E-state index in [1.54, 1.807) is 0 Å². The number of amides is 1. The van der Waals surface area contributed by atoms with Crippen LogP contribution < -0.4 is 0 Å². The number of morpholine rings is 1. The van der Waals surface area contributed by atoms with Crippen molar-refractivity contribution >= 4 is 5.91 Å². The van der Waals surface area contributed by atoms with Crippen LogP contribution in [0.2, 0.25) is 0 Å². The highest BCUT2D eigenvalue weighted by molar-refractivity contribution is 5.76. The Hall–Kier alpha value is -1.12. The van der Waals surface area contributed by atoms with E-state index in [1.165, 1.54) is 0 Å². The summed E-state index contributed by atoms with van der Waals surface area (Å²) in [5.41, 5.74) is -0.257. The van der Waals surface area contributed by atoms with Gasteiger partial charge in [0.1, 0.15) is 0 Å². The van der Waals surface area contributed by atoms with E-state index < -0.39 is 0 Å². The van der Waals surface area contributed by atoms with Gasteiger partial charge in [0, 0.05) is 32.2 Å². The number of hydrogen-bond donors (Lipinski definition) is 0. The fraction of sp³-hybridized carbons (Fsp3) is 0.875. The molecule has 2 aliphatic rings. The van der Waals surface area contributed by atoms with Crippen molar-refractivity contribution in [3.05, 3.63) is 0 Å². The molecule has 0 N–H and O–H groups in total. The van der Waals surface area contributed by atoms with E-state index in [9.17, 15) is 4.79 Å². The molecule has 2 rings (SSSR count). The Kier molecular flexibility index (Phi) is 5.23. The van der Waals surface area contributed by atoms with E-state index in [0.29, 0.717) is 32.2 Å². The molecule has 0 saturated carbocycles. The van der Waals surface area contributed by atoms with Crippen LogP contribution in [0.25, 0.3) is 0 Å². The molecule has 0 bridgehead atoms. The van der Waals surface area contributed by atoms with Crippen LogP contribution >= 0.6 is 0 Å². The van der Waals surface area contributed by atoms with Crippen LogP contribution in [-0.4, -0.2) is 60.6 Å². The average molecular weight is 293 g/mol. The molecule has 0 radical (unpaired) electrons. The highest BCUT2D eigenvalue weighted by Crippen LogP contribution is 2.30. The monoisotopic (exact) mass is 293 g/mol. The molecule has 2 aliphatic heterocycles. The second-order valence-electron chi connectivity index (χ2n) is 6.84. The van der Waals surface area contributed by atoms with Crippen LogP contribution in [0.4, 0.5) is 0 Å². The lowest BCUT2D eigenvalue weighted by atomic mass is 9.82. The molecule has 2 saturated heterocycles. The largest absolute Gasteiger partial charge is 0.375 e. The van der Waals surface area contributed by atoms with Gasteiger partial charge in [-0.05, 0) is 33.6 Å². The number of hydrogen-bond acceptors (Lipinski definition) is 4. The van der Waals surface area contributed by atoms with Gasteiger partial charge in [-0.1, -0.05) is 0 Å². The predicted octanol–water partition coefficient (Wildman–Crippen LogP) is 1.64. The Labute approximate surface area is 127 Å². The van der Waals surface area contributed by atoms with Gasteiger partial charge in [-0.15, -0.1) is 0 Å². The maximum atomic E-state index is 12.4. The molecule has 2 fully saturated rings. The summed E-state index contributed by atoms with van der Waals surface area (Å²) in [6.07, 6.45) is 2.03. The minimum absolute atomic E-state index is 0.0120. The Bertz CT molecular complexity index is 408. The molecule has 1 amide bonds. The number of rotatable bonds is 3. The van der Waals surface area contributed by atoms with Gasteiger partial charge in [0.2, 0.25) is 5.91 Å². The van der Waals surface area contributed by atoms with Gasteiger partial charge in [0.15, 0.2) is 0 Å². The highest BCUT2D eigenvalue weighted by atomic mass is 16.5. The van der Waals surface area contributed by atoms with Crippen molar-refractivity contribution in [1.82, 2.24) is 9.80 Å². The summed E-state index contributed by atoms with van der Waals surface area (Å²) >= 11 is 0. The fourth-order valence-electron chi connectivity index (χ4n) is 3.02. The summed E-state index contributed by atoms with van der Waals surface area (Å²) < 4.78 is 5.74. The number of piperidine rings is 1. The van der Waals surface area contributed by atoms with Crippen LogP contribution in [0.1, 0.15) is 40.0 Å². The first-order valence-corrected chi connectivity index (χ1v) is 7.98. The molecule has 0 aliphatic carbocycles. The first-order valence-electron chi connectivity index (χ1n) is 7.98. The SMILES string of the molecule is CC(C)N1CCO[C@@H](CC(=O)N2CCC(C)(C#N)CC2)C1. The lowest BCUT2D eigenvalue weighted by Crippen LogP contribution is -2.48. The first-order chi connectivity index (χ1) is 9.93. The average Bonchev–Trinajstić information content (AvgIpc) is 2.48. The van der Waals surface area contributed by atoms with E-state index in [0.717, 1.165) is 25.9 Å². The van der Waals surface area contributed by atoms with Crippen LogP contribution in [0.3, 0.4) is 0 Å². The quantitative estimate of drug-likeness (QED) is 0.794. The van der Waals surface area contributed by atoms with E-state index >= 15 is 0 Å². The van der Waals surface area contributed by atoms with Crippen LogP contribution in [0.15, 0.2) is 0 Å². The molecule has 21 heavy (non-hydrogen) atoms. The van der Waals surface area contributed by atoms with Gasteiger partial charge in [0.25, 0.3) is 0 Å². The van der Waals surface area contributed by atoms with Crippen LogP contribution in [0.5, 0.6) is 0 Å². The molecule has 2 heterocycles. The molecular formula is C16H27N3O2. The number of carbonyl (C=O) groups is 1. The Morgan fingerprint density at radius 3 is 2.62 bits per heavy atom. The van der Waals surface area contributed by atoms with E-state index in [4.69, 9.17) is 10.00 Å². The summed E-state index contributed by atoms with van der Waals surface area (Å²) in [5.74, 6) is 0.172. The fourth-order valence-corrected chi connectivity index (χ4v) is 3.02. The maximum Gasteiger partial charge on any atom is 0.225 e. The molecule has 0 aromatic carbocycles. The second kappa shape index (κ2) is 6.76. The third-order valence-corrected chi connectivity index (χ3v) is 4.79. The Morgan fingerprint density at radius 2 is 2.05 bits per heavy atom. The van der Waals surface area contributed by atoms with E-state index in [-0.39, 0.29) is 17.4 Å². The number of likely N-dealkylation sites (tertiary alicyclic amines) is 1. The first kappa shape index (κ1) is 16.3. The molecule has 5 nitrogen and oxygen atoms in total. The standard InChI is InChI=1S/C16H27N3O2/c1-13(2)19-8-9-21-14(11-19)10-15(20)18-6-4-16(3,12-17)5-7-18/h13-14H,4-11H2,1-3H3/t14-/m0/s1. The van der Waals surface area contributed by atoms with Crippen molar-refractivity contribution in [3.8, 4) is 6.07 Å². The molecule has 5 heteroatoms. The Morgan fingerprint density at radius 1 is 1.38 bits per heavy atom. The van der Waals surface area contributed by atoms with Gasteiger partial charge in [-0.2, -0.15) is 5.26 Å². The van der Waals surface area contributed by atoms with Gasteiger partial charge in [-0.3, -0.25) is 9.69 Å². The lowest BCUT2D eigenvalue weighted by Gasteiger charge is -2.38. The van der Waals surface area contributed by atoms with Gasteiger partial charge in [-0.25, -0.2) is 0 Å². The third-order valence-electron chi connectivity index (χ3n) is 4.79. The van der Waals surface area contributed by atoms with E-state index in [1.807, 2.05) is 11.8 Å². The minimum atomic E-state index is -0.257. The summed E-state index contributed by atoms with van der Waals surface area (Å²) in [4.78, 5) is 16.7. The molecular weight excluding hydrogens is 266 g/mol. The minimum Gasteiger partial charge on any atom is -0.375 e. The van der Waals surface area contributed by atoms with Gasteiger partial charge < -0.3 is 9.64 Å². The van der Waals surface area contributed by atoms with Crippen molar-refractivity contribution in [2.45, 2.75) is 52.2 Å². The van der Waals surface area contributed by atoms with Crippen LogP contribution in [-0.2, 0) is 9.53 Å². The highest BCUT2D eigenvalue weighted by Gasteiger charge is 2.33. The topological polar surface area (TPSA) is 56.6 Å². The van der Waals surface area contributed by atoms with Crippen molar-refractivity contribution in [3.63, 3.8) is 0 Å². The van der Waals surface area contributed by atoms with Crippen molar-refractivity contribution in [1.29, 1.82) is 5.26 Å². The maximum absolute atomic E-state index is 12.4. The zero-order chi connectivity index (χ0) is 15.5. The molecule has 1 atom stereocenters. The van der Waals surface area contributed by atoms with Crippen molar-refractivity contribution in [2.24, 2.45) is 5.41 Å². The van der Waals surface area contributed by atoms with Gasteiger partial charge in [0.05, 0.1) is 30.6 Å². The second-order valence-corrected chi connectivity index (χ2v) is 6.84. The molecule has 0 aromatic rings. The summed E-state index contributed by atoms with van der Waals surface area (Å²) in [7, 11) is 0. The van der Waals surface area contributed by atoms with Crippen molar-refractivity contribution < 1.29 is 9.53 Å². The summed E-state index contributed by atoms with van der Waals surface area (Å²) in [6, 6.07) is 2.87. The number of nitrogens with zero attached hydrogens (tertiary/aromatic N) is 3. The smallest absolute Gasteiger partial charge is 0.225 e. The van der Waals surface area contributed by atoms with E-state index in [2.05, 4.69) is 24.8 Å².